The van der Waals surface area contributed by atoms with E-state index in [1.54, 1.807) is 31.3 Å². The van der Waals surface area contributed by atoms with Crippen molar-refractivity contribution in [1.29, 1.82) is 0 Å². The van der Waals surface area contributed by atoms with Crippen LogP contribution in [0, 0.1) is 0 Å². The van der Waals surface area contributed by atoms with Gasteiger partial charge in [0.05, 0.1) is 5.02 Å². The van der Waals surface area contributed by atoms with Crippen molar-refractivity contribution < 1.29 is 4.79 Å². The maximum absolute atomic E-state index is 11.9. The lowest BCUT2D eigenvalue weighted by atomic mass is 10.2. The van der Waals surface area contributed by atoms with Crippen molar-refractivity contribution in [1.82, 2.24) is 20.2 Å². The van der Waals surface area contributed by atoms with Gasteiger partial charge in [0.15, 0.2) is 0 Å². The van der Waals surface area contributed by atoms with Crippen molar-refractivity contribution in [3.05, 3.63) is 34.9 Å². The maximum atomic E-state index is 11.9. The number of carbonyl (C=O) groups excluding carboxylic acids is 1. The summed E-state index contributed by atoms with van der Waals surface area (Å²) in [6.45, 7) is 0. The van der Waals surface area contributed by atoms with Crippen LogP contribution in [0.2, 0.25) is 5.02 Å². The second kappa shape index (κ2) is 4.63. The second-order valence-corrected chi connectivity index (χ2v) is 4.30. The highest BCUT2D eigenvalue weighted by molar-refractivity contribution is 8.14. The van der Waals surface area contributed by atoms with Gasteiger partial charge in [-0.15, -0.1) is 5.10 Å². The molecule has 2 rings (SSSR count). The summed E-state index contributed by atoms with van der Waals surface area (Å²) in [4.78, 5) is 11.9. The number of aromatic nitrogens is 4. The molecule has 0 radical (unpaired) electrons. The van der Waals surface area contributed by atoms with Crippen LogP contribution in [0.3, 0.4) is 0 Å². The Hall–Kier alpha value is -1.40. The van der Waals surface area contributed by atoms with Gasteiger partial charge in [-0.2, -0.15) is 0 Å². The molecule has 0 aliphatic heterocycles. The molecule has 0 saturated heterocycles. The Labute approximate surface area is 101 Å². The van der Waals surface area contributed by atoms with Crippen molar-refractivity contribution in [3.63, 3.8) is 0 Å². The van der Waals surface area contributed by atoms with Gasteiger partial charge in [0.2, 0.25) is 10.3 Å². The number of nitrogens with zero attached hydrogens (tertiary/aromatic N) is 4. The van der Waals surface area contributed by atoms with Crippen LogP contribution >= 0.6 is 23.4 Å². The molecule has 5 nitrogen and oxygen atoms in total. The highest BCUT2D eigenvalue weighted by Gasteiger charge is 2.14. The van der Waals surface area contributed by atoms with E-state index >= 15 is 0 Å². The Morgan fingerprint density at radius 3 is 2.81 bits per heavy atom. The van der Waals surface area contributed by atoms with Gasteiger partial charge in [0.25, 0.3) is 0 Å². The summed E-state index contributed by atoms with van der Waals surface area (Å²) in [5.41, 5.74) is 0.456. The molecule has 2 aromatic rings. The molecule has 0 unspecified atom stereocenters. The van der Waals surface area contributed by atoms with Crippen molar-refractivity contribution >= 4 is 28.5 Å². The monoisotopic (exact) mass is 254 g/mol. The number of hydrogen-bond donors (Lipinski definition) is 0. The second-order valence-electron chi connectivity index (χ2n) is 2.95. The number of benzene rings is 1. The predicted molar refractivity (Wildman–Crippen MR) is 60.4 cm³/mol. The largest absolute Gasteiger partial charge is 0.281 e. The van der Waals surface area contributed by atoms with Crippen molar-refractivity contribution in [2.45, 2.75) is 5.16 Å². The minimum absolute atomic E-state index is 0.177. The molecule has 0 N–H and O–H groups in total. The van der Waals surface area contributed by atoms with E-state index in [0.717, 1.165) is 11.8 Å². The standard InChI is InChI=1S/C9H7ClN4OS/c1-14-9(11-12-13-14)16-8(15)6-4-2-3-5-7(6)10/h2-5H,1H3. The summed E-state index contributed by atoms with van der Waals surface area (Å²) < 4.78 is 1.43. The first-order valence-corrected chi connectivity index (χ1v) is 5.57. The lowest BCUT2D eigenvalue weighted by Gasteiger charge is -2.00. The zero-order valence-corrected chi connectivity index (χ0v) is 9.87. The molecule has 0 aliphatic rings. The quantitative estimate of drug-likeness (QED) is 0.765. The van der Waals surface area contributed by atoms with Crippen LogP contribution in [0.1, 0.15) is 10.4 Å². The molecule has 0 saturated carbocycles. The fraction of sp³-hybridized carbons (Fsp3) is 0.111. The van der Waals surface area contributed by atoms with Crippen LogP contribution in [0.5, 0.6) is 0 Å². The summed E-state index contributed by atoms with van der Waals surface area (Å²) in [5.74, 6) is 0. The average molecular weight is 255 g/mol. The number of halogens is 1. The first-order valence-electron chi connectivity index (χ1n) is 4.37. The zero-order valence-electron chi connectivity index (χ0n) is 8.29. The molecule has 7 heteroatoms. The SMILES string of the molecule is Cn1nnnc1SC(=O)c1ccccc1Cl. The fourth-order valence-corrected chi connectivity index (χ4v) is 2.05. The minimum atomic E-state index is -0.177. The number of thioether (sulfide) groups is 1. The van der Waals surface area contributed by atoms with Gasteiger partial charge >= 0.3 is 0 Å². The van der Waals surface area contributed by atoms with Crippen LogP contribution in [-0.2, 0) is 7.05 Å². The van der Waals surface area contributed by atoms with Crippen molar-refractivity contribution in [3.8, 4) is 0 Å². The third-order valence-electron chi connectivity index (χ3n) is 1.86. The summed E-state index contributed by atoms with van der Waals surface area (Å²) in [6.07, 6.45) is 0. The van der Waals surface area contributed by atoms with Gasteiger partial charge < -0.3 is 0 Å². The van der Waals surface area contributed by atoms with E-state index in [2.05, 4.69) is 15.5 Å². The zero-order chi connectivity index (χ0) is 11.5. The van der Waals surface area contributed by atoms with Crippen molar-refractivity contribution in [2.75, 3.05) is 0 Å². The molecule has 0 fully saturated rings. The molecular formula is C9H7ClN4OS. The maximum Gasteiger partial charge on any atom is 0.228 e. The molecule has 82 valence electrons. The Kier molecular flexibility index (Phi) is 3.21. The smallest absolute Gasteiger partial charge is 0.228 e. The summed E-state index contributed by atoms with van der Waals surface area (Å²) >= 11 is 6.85. The van der Waals surface area contributed by atoms with E-state index < -0.39 is 0 Å². The van der Waals surface area contributed by atoms with E-state index in [4.69, 9.17) is 11.6 Å². The molecule has 1 aromatic heterocycles. The molecule has 1 heterocycles. The Balaban J connectivity index is 2.22. The summed E-state index contributed by atoms with van der Waals surface area (Å²) in [7, 11) is 1.67. The number of rotatable bonds is 2. The van der Waals surface area contributed by atoms with Crippen LogP contribution in [0.4, 0.5) is 0 Å². The van der Waals surface area contributed by atoms with Crippen LogP contribution in [-0.4, -0.2) is 25.3 Å². The Bertz CT molecular complexity index is 528. The molecule has 0 atom stereocenters. The number of tetrazole rings is 1. The van der Waals surface area contributed by atoms with Gasteiger partial charge in [0.1, 0.15) is 0 Å². The molecule has 0 spiro atoms. The topological polar surface area (TPSA) is 60.7 Å². The molecule has 0 aliphatic carbocycles. The first-order chi connectivity index (χ1) is 7.68. The van der Waals surface area contributed by atoms with E-state index in [9.17, 15) is 4.79 Å². The highest BCUT2D eigenvalue weighted by atomic mass is 35.5. The highest BCUT2D eigenvalue weighted by Crippen LogP contribution is 2.24. The van der Waals surface area contributed by atoms with Crippen LogP contribution in [0.25, 0.3) is 0 Å². The third-order valence-corrected chi connectivity index (χ3v) is 3.12. The molecule has 0 bridgehead atoms. The van der Waals surface area contributed by atoms with Crippen molar-refractivity contribution in [2.24, 2.45) is 7.05 Å². The fourth-order valence-electron chi connectivity index (χ4n) is 1.07. The van der Waals surface area contributed by atoms with Gasteiger partial charge in [-0.05, 0) is 34.3 Å². The van der Waals surface area contributed by atoms with E-state index in [1.807, 2.05) is 0 Å². The summed E-state index contributed by atoms with van der Waals surface area (Å²) in [6, 6.07) is 6.87. The lowest BCUT2D eigenvalue weighted by Crippen LogP contribution is -1.99. The van der Waals surface area contributed by atoms with Gasteiger partial charge in [-0.1, -0.05) is 23.7 Å². The van der Waals surface area contributed by atoms with E-state index in [-0.39, 0.29) is 5.12 Å². The predicted octanol–water partition coefficient (Wildman–Crippen LogP) is 1.80. The average Bonchev–Trinajstić information content (AvgIpc) is 2.65. The number of carbonyl (C=O) groups is 1. The van der Waals surface area contributed by atoms with Gasteiger partial charge in [-0.3, -0.25) is 4.79 Å². The molecule has 16 heavy (non-hydrogen) atoms. The molecular weight excluding hydrogens is 248 g/mol. The van der Waals surface area contributed by atoms with Gasteiger partial charge in [-0.25, -0.2) is 4.68 Å². The van der Waals surface area contributed by atoms with E-state index in [0.29, 0.717) is 15.7 Å². The molecule has 1 aromatic carbocycles. The third kappa shape index (κ3) is 2.23. The lowest BCUT2D eigenvalue weighted by molar-refractivity contribution is 0.108. The summed E-state index contributed by atoms with van der Waals surface area (Å²) in [5, 5.41) is 11.5. The van der Waals surface area contributed by atoms with E-state index in [1.165, 1.54) is 4.68 Å². The van der Waals surface area contributed by atoms with Gasteiger partial charge in [0, 0.05) is 12.6 Å². The van der Waals surface area contributed by atoms with Crippen LogP contribution in [0.15, 0.2) is 29.4 Å². The Morgan fingerprint density at radius 1 is 1.44 bits per heavy atom. The normalized spacial score (nSPS) is 10.4. The Morgan fingerprint density at radius 2 is 2.19 bits per heavy atom. The number of aryl methyl sites for hydroxylation is 1. The number of hydrogen-bond acceptors (Lipinski definition) is 5. The van der Waals surface area contributed by atoms with Crippen LogP contribution < -0.4 is 0 Å². The molecule has 0 amide bonds. The first kappa shape index (κ1) is 11.1. The minimum Gasteiger partial charge on any atom is -0.281 e.